The largest absolute Gasteiger partial charge is 0.497 e. The number of ether oxygens (including phenoxy) is 1. The van der Waals surface area contributed by atoms with E-state index in [4.69, 9.17) is 4.74 Å². The maximum Gasteiger partial charge on any atom is 0.309 e. The first-order chi connectivity index (χ1) is 18.7. The molecule has 1 fully saturated rings. The summed E-state index contributed by atoms with van der Waals surface area (Å²) < 4.78 is 61.8. The van der Waals surface area contributed by atoms with E-state index in [1.54, 1.807) is 18.2 Å². The summed E-state index contributed by atoms with van der Waals surface area (Å²) >= 11 is 0. The first kappa shape index (κ1) is 28.8. The second-order valence-electron chi connectivity index (χ2n) is 10.1. The van der Waals surface area contributed by atoms with Gasteiger partial charge < -0.3 is 19.8 Å². The van der Waals surface area contributed by atoms with Crippen molar-refractivity contribution < 1.29 is 37.3 Å². The molecule has 1 atom stereocenters. The molecular formula is C29H32F4N2O4. The van der Waals surface area contributed by atoms with E-state index in [0.717, 1.165) is 6.07 Å². The molecule has 1 aliphatic rings. The lowest BCUT2D eigenvalue weighted by atomic mass is 9.74. The molecule has 3 aromatic rings. The predicted octanol–water partition coefficient (Wildman–Crippen LogP) is 5.74. The zero-order chi connectivity index (χ0) is 28.2. The Morgan fingerprint density at radius 3 is 2.56 bits per heavy atom. The SMILES string of the molecule is COc1ccc2ncc(CO)c([C@H](F)CCC3(C(=O)O)CCN(CCCc4cc(F)cc(F)c4F)CC3)c2c1. The number of piperidine rings is 1. The molecule has 0 amide bonds. The van der Waals surface area contributed by atoms with Crippen LogP contribution in [0.25, 0.3) is 10.9 Å². The summed E-state index contributed by atoms with van der Waals surface area (Å²) in [7, 11) is 1.50. The minimum absolute atomic E-state index is 0.0260. The molecule has 1 aromatic heterocycles. The zero-order valence-electron chi connectivity index (χ0n) is 21.7. The fourth-order valence-electron chi connectivity index (χ4n) is 5.46. The number of aliphatic hydroxyl groups is 1. The van der Waals surface area contributed by atoms with Gasteiger partial charge in [-0.1, -0.05) is 0 Å². The molecule has 39 heavy (non-hydrogen) atoms. The van der Waals surface area contributed by atoms with E-state index >= 15 is 4.39 Å². The maximum atomic E-state index is 15.8. The van der Waals surface area contributed by atoms with Crippen molar-refractivity contribution in [2.24, 2.45) is 5.41 Å². The van der Waals surface area contributed by atoms with E-state index in [1.807, 2.05) is 4.90 Å². The van der Waals surface area contributed by atoms with Gasteiger partial charge in [0.1, 0.15) is 17.7 Å². The number of alkyl halides is 1. The minimum atomic E-state index is -1.51. The van der Waals surface area contributed by atoms with Crippen LogP contribution in [0.5, 0.6) is 5.75 Å². The van der Waals surface area contributed by atoms with Crippen molar-refractivity contribution in [2.75, 3.05) is 26.7 Å². The quantitative estimate of drug-likeness (QED) is 0.235. The van der Waals surface area contributed by atoms with Crippen molar-refractivity contribution in [2.45, 2.75) is 51.3 Å². The topological polar surface area (TPSA) is 82.9 Å². The Morgan fingerprint density at radius 2 is 1.90 bits per heavy atom. The van der Waals surface area contributed by atoms with Gasteiger partial charge in [0.05, 0.1) is 24.6 Å². The fourth-order valence-corrected chi connectivity index (χ4v) is 5.46. The Hall–Kier alpha value is -3.24. The van der Waals surface area contributed by atoms with Crippen molar-refractivity contribution in [1.29, 1.82) is 0 Å². The van der Waals surface area contributed by atoms with E-state index in [1.165, 1.54) is 13.3 Å². The van der Waals surface area contributed by atoms with Gasteiger partial charge in [-0.15, -0.1) is 0 Å². The molecule has 10 heteroatoms. The van der Waals surface area contributed by atoms with Crippen LogP contribution >= 0.6 is 0 Å². The molecule has 0 radical (unpaired) electrons. The Bertz CT molecular complexity index is 1320. The molecule has 0 bridgehead atoms. The van der Waals surface area contributed by atoms with Gasteiger partial charge in [0.2, 0.25) is 0 Å². The highest BCUT2D eigenvalue weighted by atomic mass is 19.2. The maximum absolute atomic E-state index is 15.8. The molecule has 1 aliphatic heterocycles. The molecule has 4 rings (SSSR count). The lowest BCUT2D eigenvalue weighted by Crippen LogP contribution is -2.44. The Morgan fingerprint density at radius 1 is 1.15 bits per heavy atom. The molecule has 2 heterocycles. The summed E-state index contributed by atoms with van der Waals surface area (Å²) in [6.45, 7) is 1.03. The highest BCUT2D eigenvalue weighted by Gasteiger charge is 2.41. The number of pyridine rings is 1. The van der Waals surface area contributed by atoms with Gasteiger partial charge in [0.25, 0.3) is 0 Å². The standard InChI is InChI=1S/C29H32F4N2O4/c1-39-21-4-5-25-22(15-21)26(19(17-36)16-34-25)23(31)6-7-29(28(37)38)8-11-35(12-9-29)10-2-3-18-13-20(30)14-24(32)27(18)33/h4-5,13-16,23,36H,2-3,6-12,17H2,1H3,(H,37,38)/t23-/m1/s1. The van der Waals surface area contributed by atoms with Crippen LogP contribution in [0.1, 0.15) is 55.0 Å². The number of aryl methyl sites for hydroxylation is 1. The first-order valence-electron chi connectivity index (χ1n) is 13.0. The molecule has 0 aliphatic carbocycles. The van der Waals surface area contributed by atoms with Crippen molar-refractivity contribution in [1.82, 2.24) is 9.88 Å². The monoisotopic (exact) mass is 548 g/mol. The highest BCUT2D eigenvalue weighted by Crippen LogP contribution is 2.41. The molecule has 6 nitrogen and oxygen atoms in total. The normalized spacial score (nSPS) is 16.4. The summed E-state index contributed by atoms with van der Waals surface area (Å²) in [4.78, 5) is 18.7. The van der Waals surface area contributed by atoms with E-state index in [2.05, 4.69) is 4.98 Å². The van der Waals surface area contributed by atoms with Gasteiger partial charge in [-0.2, -0.15) is 0 Å². The number of benzene rings is 2. The van der Waals surface area contributed by atoms with Gasteiger partial charge in [-0.25, -0.2) is 17.6 Å². The van der Waals surface area contributed by atoms with Gasteiger partial charge in [0.15, 0.2) is 11.6 Å². The zero-order valence-corrected chi connectivity index (χ0v) is 21.7. The van der Waals surface area contributed by atoms with Crippen LogP contribution in [0.3, 0.4) is 0 Å². The van der Waals surface area contributed by atoms with Gasteiger partial charge >= 0.3 is 5.97 Å². The average molecular weight is 549 g/mol. The van der Waals surface area contributed by atoms with Crippen LogP contribution in [0, 0.1) is 22.9 Å². The Balaban J connectivity index is 1.39. The third-order valence-electron chi connectivity index (χ3n) is 7.81. The number of nitrogens with zero attached hydrogens (tertiary/aromatic N) is 2. The number of carbonyl (C=O) groups is 1. The summed E-state index contributed by atoms with van der Waals surface area (Å²) in [5.41, 5.74) is 0.0607. The number of fused-ring (bicyclic) bond motifs is 1. The van der Waals surface area contributed by atoms with Crippen molar-refractivity contribution in [3.05, 3.63) is 70.7 Å². The number of carboxylic acid groups (broad SMARTS) is 1. The van der Waals surface area contributed by atoms with Crippen LogP contribution < -0.4 is 4.74 Å². The first-order valence-corrected chi connectivity index (χ1v) is 13.0. The van der Waals surface area contributed by atoms with Crippen molar-refractivity contribution in [3.8, 4) is 5.75 Å². The summed E-state index contributed by atoms with van der Waals surface area (Å²) in [6, 6.07) is 6.58. The van der Waals surface area contributed by atoms with Crippen molar-refractivity contribution in [3.63, 3.8) is 0 Å². The third kappa shape index (κ3) is 6.33. The Labute approximate surface area is 224 Å². The lowest BCUT2D eigenvalue weighted by molar-refractivity contribution is -0.153. The number of halogens is 4. The van der Waals surface area contributed by atoms with E-state index < -0.39 is 41.6 Å². The molecule has 1 saturated heterocycles. The number of hydrogen-bond donors (Lipinski definition) is 2. The molecule has 210 valence electrons. The molecule has 2 N–H and O–H groups in total. The van der Waals surface area contributed by atoms with Crippen molar-refractivity contribution >= 4 is 16.9 Å². The number of methoxy groups -OCH3 is 1. The van der Waals surface area contributed by atoms with E-state index in [9.17, 15) is 28.2 Å². The van der Waals surface area contributed by atoms with Crippen LogP contribution in [0.15, 0.2) is 36.5 Å². The van der Waals surface area contributed by atoms with Gasteiger partial charge in [-0.05, 0) is 88.0 Å². The summed E-state index contributed by atoms with van der Waals surface area (Å²) in [6.07, 6.45) is 1.24. The number of aromatic nitrogens is 1. The van der Waals surface area contributed by atoms with Crippen LogP contribution in [0.4, 0.5) is 17.6 Å². The van der Waals surface area contributed by atoms with Crippen LogP contribution in [0.2, 0.25) is 0 Å². The molecular weight excluding hydrogens is 516 g/mol. The lowest BCUT2D eigenvalue weighted by Gasteiger charge is -2.39. The van der Waals surface area contributed by atoms with Crippen LogP contribution in [-0.2, 0) is 17.8 Å². The smallest absolute Gasteiger partial charge is 0.309 e. The number of aliphatic hydroxyl groups excluding tert-OH is 1. The second-order valence-corrected chi connectivity index (χ2v) is 10.1. The molecule has 2 aromatic carbocycles. The number of likely N-dealkylation sites (tertiary alicyclic amines) is 1. The fraction of sp³-hybridized carbons (Fsp3) is 0.448. The number of aliphatic carboxylic acids is 1. The van der Waals surface area contributed by atoms with Gasteiger partial charge in [0, 0.05) is 28.8 Å². The Kier molecular flexibility index (Phi) is 9.07. The highest BCUT2D eigenvalue weighted by molar-refractivity contribution is 5.85. The predicted molar refractivity (Wildman–Crippen MR) is 138 cm³/mol. The molecule has 0 saturated carbocycles. The third-order valence-corrected chi connectivity index (χ3v) is 7.81. The summed E-state index contributed by atoms with van der Waals surface area (Å²) in [5, 5.41) is 20.4. The van der Waals surface area contributed by atoms with Gasteiger partial charge in [-0.3, -0.25) is 9.78 Å². The summed E-state index contributed by atoms with van der Waals surface area (Å²) in [5.74, 6) is -3.55. The van der Waals surface area contributed by atoms with Crippen LogP contribution in [-0.4, -0.2) is 52.8 Å². The number of carboxylic acids is 1. The molecule has 0 unspecified atom stereocenters. The molecule has 0 spiro atoms. The van der Waals surface area contributed by atoms with E-state index in [-0.39, 0.29) is 24.8 Å². The van der Waals surface area contributed by atoms with E-state index in [0.29, 0.717) is 72.7 Å². The average Bonchev–Trinajstić information content (AvgIpc) is 2.93. The second kappa shape index (κ2) is 12.3. The number of hydrogen-bond acceptors (Lipinski definition) is 5. The number of rotatable bonds is 11. The minimum Gasteiger partial charge on any atom is -0.497 e.